The number of furan rings is 1. The maximum Gasteiger partial charge on any atom is 0.289 e. The van der Waals surface area contributed by atoms with Gasteiger partial charge in [0, 0.05) is 19.6 Å². The highest BCUT2D eigenvalue weighted by Crippen LogP contribution is 2.37. The first-order valence-corrected chi connectivity index (χ1v) is 8.93. The van der Waals surface area contributed by atoms with Crippen LogP contribution in [0.1, 0.15) is 29.2 Å². The molecule has 0 radical (unpaired) electrons. The molecule has 0 N–H and O–H groups in total. The molecule has 4 heterocycles. The number of aryl methyl sites for hydroxylation is 1. The lowest BCUT2D eigenvalue weighted by molar-refractivity contribution is -0.169. The number of amides is 1. The van der Waals surface area contributed by atoms with Crippen LogP contribution in [-0.2, 0) is 9.47 Å². The smallest absolute Gasteiger partial charge is 0.289 e. The van der Waals surface area contributed by atoms with Crippen molar-refractivity contribution in [3.8, 4) is 0 Å². The zero-order valence-corrected chi connectivity index (χ0v) is 14.3. The van der Waals surface area contributed by atoms with E-state index < -0.39 is 0 Å². The summed E-state index contributed by atoms with van der Waals surface area (Å²) in [6.45, 7) is 8.91. The number of hydrogen-bond acceptors (Lipinski definition) is 5. The molecule has 1 atom stereocenters. The zero-order valence-electron chi connectivity index (χ0n) is 14.3. The van der Waals surface area contributed by atoms with Crippen LogP contribution in [0, 0.1) is 12.8 Å². The second-order valence-electron chi connectivity index (χ2n) is 7.38. The number of carbonyl (C=O) groups excluding carboxylic acids is 1. The summed E-state index contributed by atoms with van der Waals surface area (Å²) in [7, 11) is 0. The maximum absolute atomic E-state index is 12.4. The van der Waals surface area contributed by atoms with Crippen LogP contribution < -0.4 is 0 Å². The summed E-state index contributed by atoms with van der Waals surface area (Å²) in [5, 5.41) is 0. The zero-order chi connectivity index (χ0) is 16.6. The fourth-order valence-corrected chi connectivity index (χ4v) is 3.96. The van der Waals surface area contributed by atoms with Gasteiger partial charge in [0.2, 0.25) is 0 Å². The molecule has 3 aliphatic rings. The van der Waals surface area contributed by atoms with Gasteiger partial charge in [-0.2, -0.15) is 0 Å². The van der Waals surface area contributed by atoms with Crippen molar-refractivity contribution in [2.45, 2.75) is 25.4 Å². The average molecular weight is 334 g/mol. The summed E-state index contributed by atoms with van der Waals surface area (Å²) in [6.07, 6.45) is 2.22. The quantitative estimate of drug-likeness (QED) is 0.839. The van der Waals surface area contributed by atoms with Crippen molar-refractivity contribution in [2.24, 2.45) is 5.92 Å². The standard InChI is InChI=1S/C18H26N2O4/c1-14-2-3-16(24-14)17(21)20-12-18(13-20)5-4-15(11-23-18)10-19-6-8-22-9-7-19/h2-3,15H,4-13H2,1H3. The molecule has 24 heavy (non-hydrogen) atoms. The SMILES string of the molecule is Cc1ccc(C(=O)N2CC3(CCC(CN4CCOCC4)CO3)C2)o1. The highest BCUT2D eigenvalue weighted by atomic mass is 16.5. The van der Waals surface area contributed by atoms with E-state index in [-0.39, 0.29) is 11.5 Å². The Hall–Kier alpha value is -1.37. The molecule has 6 nitrogen and oxygen atoms in total. The highest BCUT2D eigenvalue weighted by Gasteiger charge is 2.49. The summed E-state index contributed by atoms with van der Waals surface area (Å²) in [5.41, 5.74) is -0.112. The number of ether oxygens (including phenoxy) is 2. The molecule has 0 saturated carbocycles. The van der Waals surface area contributed by atoms with Crippen molar-refractivity contribution in [3.63, 3.8) is 0 Å². The lowest BCUT2D eigenvalue weighted by atomic mass is 9.82. The third-order valence-corrected chi connectivity index (χ3v) is 5.45. The van der Waals surface area contributed by atoms with E-state index in [1.165, 1.54) is 6.42 Å². The molecule has 0 bridgehead atoms. The van der Waals surface area contributed by atoms with E-state index in [2.05, 4.69) is 4.90 Å². The fraction of sp³-hybridized carbons (Fsp3) is 0.722. The van der Waals surface area contributed by atoms with Crippen molar-refractivity contribution in [2.75, 3.05) is 52.5 Å². The largest absolute Gasteiger partial charge is 0.456 e. The molecule has 132 valence electrons. The fourth-order valence-electron chi connectivity index (χ4n) is 3.96. The highest BCUT2D eigenvalue weighted by molar-refractivity contribution is 5.92. The monoisotopic (exact) mass is 334 g/mol. The summed E-state index contributed by atoms with van der Waals surface area (Å²) >= 11 is 0. The number of morpholine rings is 1. The normalized spacial score (nSPS) is 27.2. The van der Waals surface area contributed by atoms with E-state index >= 15 is 0 Å². The second-order valence-corrected chi connectivity index (χ2v) is 7.38. The Morgan fingerprint density at radius 3 is 2.71 bits per heavy atom. The molecule has 6 heteroatoms. The molecule has 3 aliphatic heterocycles. The molecule has 3 saturated heterocycles. The van der Waals surface area contributed by atoms with Gasteiger partial charge in [-0.25, -0.2) is 0 Å². The van der Waals surface area contributed by atoms with Gasteiger partial charge < -0.3 is 18.8 Å². The van der Waals surface area contributed by atoms with Crippen LogP contribution in [0.3, 0.4) is 0 Å². The van der Waals surface area contributed by atoms with Crippen molar-refractivity contribution in [3.05, 3.63) is 23.7 Å². The van der Waals surface area contributed by atoms with Crippen LogP contribution >= 0.6 is 0 Å². The van der Waals surface area contributed by atoms with Crippen LogP contribution in [0.2, 0.25) is 0 Å². The lowest BCUT2D eigenvalue weighted by Crippen LogP contribution is -2.66. The molecule has 1 aromatic rings. The third kappa shape index (κ3) is 3.23. The Morgan fingerprint density at radius 1 is 1.29 bits per heavy atom. The van der Waals surface area contributed by atoms with Gasteiger partial charge in [-0.15, -0.1) is 0 Å². The first-order chi connectivity index (χ1) is 11.6. The molecule has 1 spiro atoms. The summed E-state index contributed by atoms with van der Waals surface area (Å²) in [5.74, 6) is 1.79. The van der Waals surface area contributed by atoms with Crippen LogP contribution in [-0.4, -0.2) is 73.9 Å². The Morgan fingerprint density at radius 2 is 2.08 bits per heavy atom. The van der Waals surface area contributed by atoms with Crippen molar-refractivity contribution in [1.29, 1.82) is 0 Å². The summed E-state index contributed by atoms with van der Waals surface area (Å²) < 4.78 is 17.0. The van der Waals surface area contributed by atoms with E-state index in [9.17, 15) is 4.79 Å². The van der Waals surface area contributed by atoms with Crippen molar-refractivity contribution in [1.82, 2.24) is 9.80 Å². The lowest BCUT2D eigenvalue weighted by Gasteiger charge is -2.52. The molecule has 1 aromatic heterocycles. The van der Waals surface area contributed by atoms with Crippen LogP contribution in [0.15, 0.2) is 16.5 Å². The van der Waals surface area contributed by atoms with Gasteiger partial charge in [-0.1, -0.05) is 0 Å². The van der Waals surface area contributed by atoms with Gasteiger partial charge in [-0.05, 0) is 37.8 Å². The Labute approximate surface area is 142 Å². The van der Waals surface area contributed by atoms with E-state index in [1.807, 2.05) is 17.9 Å². The maximum atomic E-state index is 12.4. The third-order valence-electron chi connectivity index (χ3n) is 5.45. The molecule has 1 unspecified atom stereocenters. The Balaban J connectivity index is 1.24. The number of hydrogen-bond donors (Lipinski definition) is 0. The summed E-state index contributed by atoms with van der Waals surface area (Å²) in [6, 6.07) is 3.58. The molecule has 0 aromatic carbocycles. The first-order valence-electron chi connectivity index (χ1n) is 8.93. The molecular formula is C18H26N2O4. The summed E-state index contributed by atoms with van der Waals surface area (Å²) in [4.78, 5) is 16.7. The number of rotatable bonds is 3. The molecular weight excluding hydrogens is 308 g/mol. The minimum absolute atomic E-state index is 0.0206. The van der Waals surface area contributed by atoms with Crippen molar-refractivity contribution >= 4 is 5.91 Å². The molecule has 3 fully saturated rings. The predicted octanol–water partition coefficient (Wildman–Crippen LogP) is 1.54. The average Bonchev–Trinajstić information content (AvgIpc) is 3.00. The van der Waals surface area contributed by atoms with Gasteiger partial charge in [-0.3, -0.25) is 9.69 Å². The van der Waals surface area contributed by atoms with Crippen LogP contribution in [0.4, 0.5) is 0 Å². The van der Waals surface area contributed by atoms with Crippen LogP contribution in [0.5, 0.6) is 0 Å². The molecule has 0 aliphatic carbocycles. The molecule has 4 rings (SSSR count). The Bertz CT molecular complexity index is 578. The first kappa shape index (κ1) is 16.1. The number of carbonyl (C=O) groups is 1. The van der Waals surface area contributed by atoms with Crippen LogP contribution in [0.25, 0.3) is 0 Å². The van der Waals surface area contributed by atoms with E-state index in [0.717, 1.165) is 51.6 Å². The van der Waals surface area contributed by atoms with E-state index in [4.69, 9.17) is 13.9 Å². The van der Waals surface area contributed by atoms with Gasteiger partial charge >= 0.3 is 0 Å². The number of nitrogens with zero attached hydrogens (tertiary/aromatic N) is 2. The van der Waals surface area contributed by atoms with Gasteiger partial charge in [0.25, 0.3) is 5.91 Å². The minimum atomic E-state index is -0.112. The second kappa shape index (κ2) is 6.50. The van der Waals surface area contributed by atoms with Gasteiger partial charge in [0.05, 0.1) is 32.9 Å². The minimum Gasteiger partial charge on any atom is -0.456 e. The van der Waals surface area contributed by atoms with E-state index in [1.54, 1.807) is 6.07 Å². The van der Waals surface area contributed by atoms with Gasteiger partial charge in [0.15, 0.2) is 5.76 Å². The Kier molecular flexibility index (Phi) is 4.37. The van der Waals surface area contributed by atoms with Crippen molar-refractivity contribution < 1.29 is 18.7 Å². The molecule has 1 amide bonds. The van der Waals surface area contributed by atoms with E-state index in [0.29, 0.717) is 24.8 Å². The topological polar surface area (TPSA) is 55.2 Å². The predicted molar refractivity (Wildman–Crippen MR) is 88.0 cm³/mol. The van der Waals surface area contributed by atoms with Gasteiger partial charge in [0.1, 0.15) is 11.4 Å². The number of likely N-dealkylation sites (tertiary alicyclic amines) is 1.